The van der Waals surface area contributed by atoms with E-state index in [1.807, 2.05) is 0 Å². The van der Waals surface area contributed by atoms with Gasteiger partial charge in [-0.25, -0.2) is 0 Å². The largest absolute Gasteiger partial charge is 0.469 e. The van der Waals surface area contributed by atoms with Gasteiger partial charge in [0.25, 0.3) is 0 Å². The van der Waals surface area contributed by atoms with Crippen LogP contribution in [-0.4, -0.2) is 24.3 Å². The van der Waals surface area contributed by atoms with Crippen LogP contribution in [-0.2, 0) is 9.53 Å². The van der Waals surface area contributed by atoms with E-state index in [2.05, 4.69) is 4.74 Å². The van der Waals surface area contributed by atoms with Gasteiger partial charge in [0.1, 0.15) is 0 Å². The Balaban J connectivity index is 2.22. The second kappa shape index (κ2) is 5.22. The van der Waals surface area contributed by atoms with Gasteiger partial charge in [-0.15, -0.1) is 0 Å². The molecule has 0 heterocycles. The molecule has 0 spiro atoms. The summed E-state index contributed by atoms with van der Waals surface area (Å²) < 4.78 is 4.56. The van der Waals surface area contributed by atoms with Gasteiger partial charge in [-0.2, -0.15) is 0 Å². The molecular formula is C10H18O3. The quantitative estimate of drug-likeness (QED) is 0.679. The van der Waals surface area contributed by atoms with E-state index in [0.717, 1.165) is 25.7 Å². The first-order valence-electron chi connectivity index (χ1n) is 4.99. The van der Waals surface area contributed by atoms with Crippen LogP contribution in [0.4, 0.5) is 0 Å². The second-order valence-electron chi connectivity index (χ2n) is 3.73. The van der Waals surface area contributed by atoms with E-state index >= 15 is 0 Å². The van der Waals surface area contributed by atoms with Crippen LogP contribution in [0.3, 0.4) is 0 Å². The molecule has 13 heavy (non-hydrogen) atoms. The maximum absolute atomic E-state index is 10.9. The minimum Gasteiger partial charge on any atom is -0.469 e. The van der Waals surface area contributed by atoms with Crippen molar-refractivity contribution >= 4 is 5.97 Å². The molecule has 1 aliphatic rings. The van der Waals surface area contributed by atoms with Gasteiger partial charge >= 0.3 is 5.97 Å². The fourth-order valence-corrected chi connectivity index (χ4v) is 1.93. The van der Waals surface area contributed by atoms with Gasteiger partial charge in [0.2, 0.25) is 0 Å². The van der Waals surface area contributed by atoms with Crippen molar-refractivity contribution in [3.8, 4) is 0 Å². The summed E-state index contributed by atoms with van der Waals surface area (Å²) >= 11 is 0. The van der Waals surface area contributed by atoms with E-state index in [4.69, 9.17) is 0 Å². The van der Waals surface area contributed by atoms with E-state index in [-0.39, 0.29) is 12.1 Å². The zero-order chi connectivity index (χ0) is 9.68. The molecule has 0 aromatic heterocycles. The van der Waals surface area contributed by atoms with E-state index in [1.165, 1.54) is 13.5 Å². The Hall–Kier alpha value is -0.570. The lowest BCUT2D eigenvalue weighted by Crippen LogP contribution is -2.25. The molecule has 2 atom stereocenters. The average Bonchev–Trinajstić information content (AvgIpc) is 2.16. The van der Waals surface area contributed by atoms with E-state index in [0.29, 0.717) is 12.3 Å². The highest BCUT2D eigenvalue weighted by Gasteiger charge is 2.23. The van der Waals surface area contributed by atoms with Crippen molar-refractivity contribution in [3.63, 3.8) is 0 Å². The Morgan fingerprint density at radius 3 is 2.77 bits per heavy atom. The molecule has 0 radical (unpaired) electrons. The summed E-state index contributed by atoms with van der Waals surface area (Å²) in [6, 6.07) is 0. The molecule has 1 fully saturated rings. The van der Waals surface area contributed by atoms with Crippen LogP contribution in [0.15, 0.2) is 0 Å². The van der Waals surface area contributed by atoms with Crippen LogP contribution < -0.4 is 0 Å². The van der Waals surface area contributed by atoms with Crippen molar-refractivity contribution in [3.05, 3.63) is 0 Å². The third-order valence-corrected chi connectivity index (χ3v) is 2.82. The lowest BCUT2D eigenvalue weighted by Gasteiger charge is -2.26. The molecule has 1 N–H and O–H groups in total. The molecule has 0 saturated heterocycles. The summed E-state index contributed by atoms with van der Waals surface area (Å²) in [6.45, 7) is 0. The standard InChI is InChI=1S/C10H18O3/c1-13-10(12)7-6-8-4-2-3-5-9(8)11/h8-9,11H,2-7H2,1H3. The fourth-order valence-electron chi connectivity index (χ4n) is 1.93. The van der Waals surface area contributed by atoms with Crippen molar-refractivity contribution in [2.45, 2.75) is 44.6 Å². The average molecular weight is 186 g/mol. The molecule has 1 saturated carbocycles. The number of carbonyl (C=O) groups is 1. The number of aliphatic hydroxyl groups is 1. The number of aliphatic hydroxyl groups excluding tert-OH is 1. The third-order valence-electron chi connectivity index (χ3n) is 2.82. The highest BCUT2D eigenvalue weighted by Crippen LogP contribution is 2.27. The van der Waals surface area contributed by atoms with Gasteiger partial charge in [0.05, 0.1) is 13.2 Å². The maximum Gasteiger partial charge on any atom is 0.305 e. The molecule has 2 unspecified atom stereocenters. The van der Waals surface area contributed by atoms with Crippen LogP contribution in [0.2, 0.25) is 0 Å². The topological polar surface area (TPSA) is 46.5 Å². The number of esters is 1. The van der Waals surface area contributed by atoms with Gasteiger partial charge in [0, 0.05) is 6.42 Å². The van der Waals surface area contributed by atoms with Crippen LogP contribution in [0.1, 0.15) is 38.5 Å². The first-order chi connectivity index (χ1) is 6.24. The van der Waals surface area contributed by atoms with E-state index in [1.54, 1.807) is 0 Å². The molecule has 3 heteroatoms. The Kier molecular flexibility index (Phi) is 4.22. The van der Waals surface area contributed by atoms with Crippen molar-refractivity contribution in [2.75, 3.05) is 7.11 Å². The zero-order valence-electron chi connectivity index (χ0n) is 8.16. The van der Waals surface area contributed by atoms with Crippen molar-refractivity contribution in [1.82, 2.24) is 0 Å². The van der Waals surface area contributed by atoms with Crippen LogP contribution in [0.25, 0.3) is 0 Å². The molecule has 0 aromatic rings. The monoisotopic (exact) mass is 186 g/mol. The van der Waals surface area contributed by atoms with Gasteiger partial charge in [-0.1, -0.05) is 12.8 Å². The normalized spacial score (nSPS) is 28.5. The van der Waals surface area contributed by atoms with Crippen LogP contribution in [0, 0.1) is 5.92 Å². The van der Waals surface area contributed by atoms with Gasteiger partial charge in [0.15, 0.2) is 0 Å². The summed E-state index contributed by atoms with van der Waals surface area (Å²) in [4.78, 5) is 10.9. The molecule has 1 aliphatic carbocycles. The first kappa shape index (κ1) is 10.5. The van der Waals surface area contributed by atoms with Crippen molar-refractivity contribution in [2.24, 2.45) is 5.92 Å². The summed E-state index contributed by atoms with van der Waals surface area (Å²) in [5.41, 5.74) is 0. The molecule has 0 amide bonds. The van der Waals surface area contributed by atoms with E-state index < -0.39 is 0 Å². The zero-order valence-corrected chi connectivity index (χ0v) is 8.16. The number of hydrogen-bond acceptors (Lipinski definition) is 3. The Morgan fingerprint density at radius 2 is 2.15 bits per heavy atom. The second-order valence-corrected chi connectivity index (χ2v) is 3.73. The number of carbonyl (C=O) groups excluding carboxylic acids is 1. The molecule has 3 nitrogen and oxygen atoms in total. The summed E-state index contributed by atoms with van der Waals surface area (Å²) in [5, 5.41) is 9.60. The number of hydrogen-bond donors (Lipinski definition) is 1. The minimum atomic E-state index is -0.196. The lowest BCUT2D eigenvalue weighted by molar-refractivity contribution is -0.141. The van der Waals surface area contributed by atoms with E-state index in [9.17, 15) is 9.90 Å². The summed E-state index contributed by atoms with van der Waals surface area (Å²) in [5.74, 6) is 0.144. The summed E-state index contributed by atoms with van der Waals surface area (Å²) in [6.07, 6.45) is 5.27. The molecule has 0 bridgehead atoms. The predicted octanol–water partition coefficient (Wildman–Crippen LogP) is 1.49. The Labute approximate surface area is 79.1 Å². The smallest absolute Gasteiger partial charge is 0.305 e. The molecule has 76 valence electrons. The minimum absolute atomic E-state index is 0.169. The number of rotatable bonds is 3. The Morgan fingerprint density at radius 1 is 1.46 bits per heavy atom. The fraction of sp³-hybridized carbons (Fsp3) is 0.900. The molecule has 1 rings (SSSR count). The first-order valence-corrected chi connectivity index (χ1v) is 4.99. The van der Waals surface area contributed by atoms with Crippen molar-refractivity contribution in [1.29, 1.82) is 0 Å². The maximum atomic E-state index is 10.9. The van der Waals surface area contributed by atoms with Crippen LogP contribution >= 0.6 is 0 Å². The molecule has 0 aliphatic heterocycles. The SMILES string of the molecule is COC(=O)CCC1CCCCC1O. The Bertz CT molecular complexity index is 168. The molecular weight excluding hydrogens is 168 g/mol. The highest BCUT2D eigenvalue weighted by atomic mass is 16.5. The summed E-state index contributed by atoms with van der Waals surface area (Å²) in [7, 11) is 1.40. The van der Waals surface area contributed by atoms with Gasteiger partial charge in [-0.3, -0.25) is 4.79 Å². The number of ether oxygens (including phenoxy) is 1. The van der Waals surface area contributed by atoms with Crippen molar-refractivity contribution < 1.29 is 14.6 Å². The third kappa shape index (κ3) is 3.35. The van der Waals surface area contributed by atoms with Gasteiger partial charge < -0.3 is 9.84 Å². The molecule has 0 aromatic carbocycles. The lowest BCUT2D eigenvalue weighted by atomic mass is 9.84. The highest BCUT2D eigenvalue weighted by molar-refractivity contribution is 5.69. The predicted molar refractivity (Wildman–Crippen MR) is 49.2 cm³/mol. The van der Waals surface area contributed by atoms with Crippen LogP contribution in [0.5, 0.6) is 0 Å². The van der Waals surface area contributed by atoms with Gasteiger partial charge in [-0.05, 0) is 25.2 Å². The number of methoxy groups -OCH3 is 1.